The lowest BCUT2D eigenvalue weighted by molar-refractivity contribution is 0.205. The molecule has 2 aliphatic heterocycles. The van der Waals surface area contributed by atoms with Gasteiger partial charge >= 0.3 is 0 Å². The Hall–Kier alpha value is -1.77. The van der Waals surface area contributed by atoms with Gasteiger partial charge in [0.1, 0.15) is 16.5 Å². The number of likely N-dealkylation sites (tertiary alicyclic amines) is 1. The lowest BCUT2D eigenvalue weighted by Gasteiger charge is -2.30. The van der Waals surface area contributed by atoms with E-state index in [2.05, 4.69) is 4.90 Å². The lowest BCUT2D eigenvalue weighted by Crippen LogP contribution is -2.36. The summed E-state index contributed by atoms with van der Waals surface area (Å²) < 4.78 is 47.7. The van der Waals surface area contributed by atoms with Crippen LogP contribution in [0.5, 0.6) is 5.75 Å². The topological polar surface area (TPSA) is 49.9 Å². The normalized spacial score (nSPS) is 17.6. The summed E-state index contributed by atoms with van der Waals surface area (Å²) in [5.74, 6) is 0.530. The van der Waals surface area contributed by atoms with Gasteiger partial charge in [0.25, 0.3) is 10.0 Å². The van der Waals surface area contributed by atoms with Crippen molar-refractivity contribution in [2.24, 2.45) is 0 Å². The van der Waals surface area contributed by atoms with Crippen molar-refractivity contribution >= 4 is 27.5 Å². The number of hydrogen-bond acceptors (Lipinski definition) is 5. The van der Waals surface area contributed by atoms with Crippen LogP contribution in [0.15, 0.2) is 52.3 Å². The number of thioether (sulfide) groups is 1. The number of hydrogen-bond donors (Lipinski definition) is 0. The van der Waals surface area contributed by atoms with Gasteiger partial charge in [-0.25, -0.2) is 12.8 Å². The van der Waals surface area contributed by atoms with Gasteiger partial charge in [0.05, 0.1) is 12.3 Å². The second kappa shape index (κ2) is 9.58. The van der Waals surface area contributed by atoms with Crippen LogP contribution < -0.4 is 9.04 Å². The van der Waals surface area contributed by atoms with Crippen molar-refractivity contribution in [1.29, 1.82) is 0 Å². The highest BCUT2D eigenvalue weighted by molar-refractivity contribution is 8.00. The van der Waals surface area contributed by atoms with Gasteiger partial charge in [-0.15, -0.1) is 11.8 Å². The number of halogens is 1. The minimum atomic E-state index is -3.98. The Balaban J connectivity index is 1.47. The Morgan fingerprint density at radius 2 is 1.83 bits per heavy atom. The van der Waals surface area contributed by atoms with Gasteiger partial charge in [-0.2, -0.15) is 0 Å². The molecule has 0 saturated carbocycles. The van der Waals surface area contributed by atoms with Crippen molar-refractivity contribution in [3.63, 3.8) is 0 Å². The van der Waals surface area contributed by atoms with Crippen LogP contribution in [0.2, 0.25) is 0 Å². The maximum absolute atomic E-state index is 14.2. The van der Waals surface area contributed by atoms with E-state index in [0.29, 0.717) is 30.3 Å². The summed E-state index contributed by atoms with van der Waals surface area (Å²) in [6, 6.07) is 11.1. The first kappa shape index (κ1) is 21.5. The van der Waals surface area contributed by atoms with E-state index in [9.17, 15) is 12.8 Å². The highest BCUT2D eigenvalue weighted by atomic mass is 32.2. The summed E-state index contributed by atoms with van der Waals surface area (Å²) in [6.45, 7) is 4.24. The molecule has 0 bridgehead atoms. The van der Waals surface area contributed by atoms with E-state index in [4.69, 9.17) is 4.74 Å². The maximum atomic E-state index is 14.2. The van der Waals surface area contributed by atoms with Gasteiger partial charge in [0.15, 0.2) is 0 Å². The fraction of sp³-hybridized carbons (Fsp3) is 0.455. The molecule has 2 heterocycles. The SMILES string of the molecule is O=S(=O)(c1ccccc1F)N1CCSc2ccc(OCCCN3CCCCC3)cc21. The molecule has 1 fully saturated rings. The fourth-order valence-electron chi connectivity index (χ4n) is 3.95. The van der Waals surface area contributed by atoms with Crippen LogP contribution in [-0.2, 0) is 10.0 Å². The quantitative estimate of drug-likeness (QED) is 0.586. The molecule has 30 heavy (non-hydrogen) atoms. The number of benzene rings is 2. The number of sulfonamides is 1. The molecule has 5 nitrogen and oxygen atoms in total. The first-order chi connectivity index (χ1) is 14.6. The summed E-state index contributed by atoms with van der Waals surface area (Å²) >= 11 is 1.60. The van der Waals surface area contributed by atoms with E-state index in [-0.39, 0.29) is 4.90 Å². The third-order valence-electron chi connectivity index (χ3n) is 5.49. The van der Waals surface area contributed by atoms with Gasteiger partial charge in [-0.3, -0.25) is 4.31 Å². The first-order valence-corrected chi connectivity index (χ1v) is 12.9. The predicted molar refractivity (Wildman–Crippen MR) is 119 cm³/mol. The summed E-state index contributed by atoms with van der Waals surface area (Å²) in [6.07, 6.45) is 4.81. The minimum Gasteiger partial charge on any atom is -0.493 e. The molecular weight excluding hydrogens is 423 g/mol. The van der Waals surface area contributed by atoms with Gasteiger partial charge < -0.3 is 9.64 Å². The van der Waals surface area contributed by atoms with Crippen molar-refractivity contribution in [3.05, 3.63) is 48.3 Å². The van der Waals surface area contributed by atoms with Crippen LogP contribution in [-0.4, -0.2) is 51.9 Å². The molecule has 8 heteroatoms. The van der Waals surface area contributed by atoms with Gasteiger partial charge in [0.2, 0.25) is 0 Å². The van der Waals surface area contributed by atoms with Crippen LogP contribution in [0.3, 0.4) is 0 Å². The molecule has 0 aromatic heterocycles. The van der Waals surface area contributed by atoms with Crippen LogP contribution in [0.25, 0.3) is 0 Å². The summed E-state index contributed by atoms with van der Waals surface area (Å²) in [7, 11) is -3.98. The largest absolute Gasteiger partial charge is 0.493 e. The molecule has 1 saturated heterocycles. The summed E-state index contributed by atoms with van der Waals surface area (Å²) in [4.78, 5) is 3.04. The molecule has 2 aliphatic rings. The number of rotatable bonds is 7. The average Bonchev–Trinajstić information content (AvgIpc) is 2.77. The highest BCUT2D eigenvalue weighted by Gasteiger charge is 2.31. The van der Waals surface area contributed by atoms with Crippen LogP contribution in [0, 0.1) is 5.82 Å². The molecule has 0 unspecified atom stereocenters. The van der Waals surface area contributed by atoms with E-state index < -0.39 is 15.8 Å². The summed E-state index contributed by atoms with van der Waals surface area (Å²) in [5, 5.41) is 0. The zero-order valence-corrected chi connectivity index (χ0v) is 18.6. The van der Waals surface area contributed by atoms with Crippen LogP contribution in [0.1, 0.15) is 25.7 Å². The van der Waals surface area contributed by atoms with Crippen molar-refractivity contribution in [2.45, 2.75) is 35.5 Å². The van der Waals surface area contributed by atoms with Gasteiger partial charge in [0, 0.05) is 29.8 Å². The maximum Gasteiger partial charge on any atom is 0.267 e. The lowest BCUT2D eigenvalue weighted by atomic mass is 10.1. The number of ether oxygens (including phenoxy) is 1. The third kappa shape index (κ3) is 4.76. The number of nitrogens with zero attached hydrogens (tertiary/aromatic N) is 2. The Labute approximate surface area is 182 Å². The molecule has 0 atom stereocenters. The minimum absolute atomic E-state index is 0.296. The van der Waals surface area contributed by atoms with Gasteiger partial charge in [-0.05, 0) is 56.6 Å². The third-order valence-corrected chi connectivity index (χ3v) is 8.38. The van der Waals surface area contributed by atoms with Crippen molar-refractivity contribution in [2.75, 3.05) is 42.8 Å². The van der Waals surface area contributed by atoms with E-state index in [1.54, 1.807) is 17.8 Å². The molecule has 0 N–H and O–H groups in total. The zero-order valence-electron chi connectivity index (χ0n) is 16.9. The van der Waals surface area contributed by atoms with Crippen LogP contribution >= 0.6 is 11.8 Å². The molecule has 2 aromatic carbocycles. The smallest absolute Gasteiger partial charge is 0.267 e. The van der Waals surface area contributed by atoms with Gasteiger partial charge in [-0.1, -0.05) is 18.6 Å². The molecular formula is C22H27FN2O3S2. The molecule has 4 rings (SSSR count). The van der Waals surface area contributed by atoms with E-state index in [1.807, 2.05) is 12.1 Å². The second-order valence-corrected chi connectivity index (χ2v) is 10.6. The standard InChI is InChI=1S/C22H27FN2O3S2/c23-19-7-2-3-8-22(19)30(26,27)25-14-16-29-21-10-9-18(17-20(21)25)28-15-6-13-24-11-4-1-5-12-24/h2-3,7-10,17H,1,4-6,11-16H2. The van der Waals surface area contributed by atoms with E-state index >= 15 is 0 Å². The zero-order chi connectivity index (χ0) is 21.0. The number of fused-ring (bicyclic) bond motifs is 1. The molecule has 0 spiro atoms. The number of piperidine rings is 1. The molecule has 2 aromatic rings. The Morgan fingerprint density at radius 1 is 1.03 bits per heavy atom. The second-order valence-electron chi connectivity index (χ2n) is 7.59. The van der Waals surface area contributed by atoms with E-state index in [1.165, 1.54) is 60.9 Å². The monoisotopic (exact) mass is 450 g/mol. The first-order valence-electron chi connectivity index (χ1n) is 10.4. The fourth-order valence-corrected chi connectivity index (χ4v) is 6.64. The predicted octanol–water partition coefficient (Wildman–Crippen LogP) is 4.38. The molecule has 162 valence electrons. The summed E-state index contributed by atoms with van der Waals surface area (Å²) in [5.41, 5.74) is 0.558. The molecule has 0 aliphatic carbocycles. The van der Waals surface area contributed by atoms with Crippen molar-refractivity contribution in [1.82, 2.24) is 4.90 Å². The average molecular weight is 451 g/mol. The highest BCUT2D eigenvalue weighted by Crippen LogP contribution is 2.40. The Kier molecular flexibility index (Phi) is 6.85. The van der Waals surface area contributed by atoms with Crippen LogP contribution in [0.4, 0.5) is 10.1 Å². The van der Waals surface area contributed by atoms with Crippen molar-refractivity contribution in [3.8, 4) is 5.75 Å². The van der Waals surface area contributed by atoms with Crippen molar-refractivity contribution < 1.29 is 17.5 Å². The Bertz CT molecular complexity index is 978. The Morgan fingerprint density at radius 3 is 2.63 bits per heavy atom. The van der Waals surface area contributed by atoms with E-state index in [0.717, 1.165) is 17.9 Å². The molecule has 0 radical (unpaired) electrons. The number of anilines is 1. The molecule has 0 amide bonds.